The summed E-state index contributed by atoms with van der Waals surface area (Å²) < 4.78 is 62.6. The lowest BCUT2D eigenvalue weighted by Gasteiger charge is -2.11. The number of furan rings is 1. The molecule has 0 aliphatic carbocycles. The fourth-order valence-electron chi connectivity index (χ4n) is 4.60. The van der Waals surface area contributed by atoms with E-state index in [1.54, 1.807) is 6.07 Å². The van der Waals surface area contributed by atoms with Crippen molar-refractivity contribution in [3.63, 3.8) is 0 Å². The van der Waals surface area contributed by atoms with Crippen molar-refractivity contribution in [3.8, 4) is 11.3 Å². The summed E-state index contributed by atoms with van der Waals surface area (Å²) in [6.45, 7) is -1.64. The van der Waals surface area contributed by atoms with Gasteiger partial charge in [-0.1, -0.05) is 56.3 Å². The van der Waals surface area contributed by atoms with Gasteiger partial charge in [-0.15, -0.1) is 0 Å². The van der Waals surface area contributed by atoms with Crippen LogP contribution in [-0.4, -0.2) is 4.98 Å². The van der Waals surface area contributed by atoms with Crippen molar-refractivity contribution in [2.45, 2.75) is 33.4 Å². The van der Waals surface area contributed by atoms with Crippen molar-refractivity contribution in [3.05, 3.63) is 89.6 Å². The molecule has 4 aromatic carbocycles. The average Bonchev–Trinajstić information content (AvgIpc) is 3.23. The zero-order valence-electron chi connectivity index (χ0n) is 24.8. The zero-order valence-corrected chi connectivity index (χ0v) is 17.8. The van der Waals surface area contributed by atoms with Crippen molar-refractivity contribution in [1.29, 1.82) is 0 Å². The van der Waals surface area contributed by atoms with E-state index in [4.69, 9.17) is 14.0 Å². The Hall–Kier alpha value is -3.65. The zero-order chi connectivity index (χ0) is 27.9. The van der Waals surface area contributed by atoms with Crippen LogP contribution in [0.5, 0.6) is 0 Å². The molecule has 0 bridgehead atoms. The number of rotatable bonds is 2. The normalized spacial score (nSPS) is 16.4. The Balaban J connectivity index is 1.70. The van der Waals surface area contributed by atoms with Gasteiger partial charge in [0.25, 0.3) is 0 Å². The molecule has 156 valence electrons. The number of fused-ring (bicyclic) bond motifs is 6. The molecule has 0 N–H and O–H groups in total. The third-order valence-corrected chi connectivity index (χ3v) is 6.20. The molecule has 0 spiro atoms. The summed E-state index contributed by atoms with van der Waals surface area (Å²) in [5.41, 5.74) is 2.14. The Morgan fingerprint density at radius 2 is 1.69 bits per heavy atom. The van der Waals surface area contributed by atoms with Gasteiger partial charge in [-0.3, -0.25) is 4.98 Å². The van der Waals surface area contributed by atoms with Crippen LogP contribution in [0.4, 0.5) is 0 Å². The van der Waals surface area contributed by atoms with Crippen LogP contribution in [0, 0.1) is 13.7 Å². The molecule has 0 aliphatic heterocycles. The Morgan fingerprint density at radius 1 is 0.844 bits per heavy atom. The van der Waals surface area contributed by atoms with Gasteiger partial charge in [0, 0.05) is 32.1 Å². The molecular formula is C30H25NO. The molecule has 0 unspecified atom stereocenters. The van der Waals surface area contributed by atoms with E-state index >= 15 is 0 Å². The molecule has 6 aromatic rings. The van der Waals surface area contributed by atoms with E-state index in [0.717, 1.165) is 44.1 Å². The number of hydrogen-bond acceptors (Lipinski definition) is 2. The lowest BCUT2D eigenvalue weighted by molar-refractivity contribution is 0.669. The monoisotopic (exact) mass is 422 g/mol. The number of nitrogens with zero attached hydrogens (tertiary/aromatic N) is 1. The summed E-state index contributed by atoms with van der Waals surface area (Å²) in [5.74, 6) is -0.950. The summed E-state index contributed by atoms with van der Waals surface area (Å²) in [4.78, 5) is 4.38. The third-order valence-electron chi connectivity index (χ3n) is 6.20. The molecule has 0 fully saturated rings. The summed E-state index contributed by atoms with van der Waals surface area (Å²) in [6, 6.07) is 21.3. The number of aryl methyl sites for hydroxylation is 2. The lowest BCUT2D eigenvalue weighted by Crippen LogP contribution is -1.92. The topological polar surface area (TPSA) is 26.0 Å². The Morgan fingerprint density at radius 3 is 2.53 bits per heavy atom. The first-order chi connectivity index (χ1) is 18.2. The van der Waals surface area contributed by atoms with Crippen LogP contribution >= 0.6 is 0 Å². The van der Waals surface area contributed by atoms with Crippen molar-refractivity contribution in [2.75, 3.05) is 0 Å². The van der Waals surface area contributed by atoms with Crippen LogP contribution in [0.1, 0.15) is 46.0 Å². The molecule has 6 rings (SSSR count). The minimum atomic E-state index is -2.64. The second-order valence-electron chi connectivity index (χ2n) is 8.44. The molecule has 0 saturated heterocycles. The van der Waals surface area contributed by atoms with Gasteiger partial charge in [0.15, 0.2) is 0 Å². The minimum Gasteiger partial charge on any atom is -0.455 e. The standard InChI is InChI=1S/C30H25NO/c1-17(2)22-11-12-24(27-13-18(3)19(4)16-31-27)30-29(22)26-14-21-10-9-20-7-5-6-8-23(20)25(21)15-28(26)32-30/h5-17H,1-4H3/i3D3,4D3,17D. The summed E-state index contributed by atoms with van der Waals surface area (Å²) in [7, 11) is 0. The number of benzene rings is 4. The molecule has 0 aliphatic rings. The van der Waals surface area contributed by atoms with E-state index in [-0.39, 0.29) is 11.1 Å². The maximum Gasteiger partial charge on any atom is 0.145 e. The molecule has 2 nitrogen and oxygen atoms in total. The van der Waals surface area contributed by atoms with Gasteiger partial charge in [0.05, 0.1) is 5.69 Å². The SMILES string of the molecule is [2H]C([2H])([2H])c1cnc(-c2ccc(C([2H])(C)C)c3c2oc2cc4c(ccc5ccccc54)cc23)cc1C([2H])([2H])[2H]. The van der Waals surface area contributed by atoms with Crippen molar-refractivity contribution in [1.82, 2.24) is 4.98 Å². The quantitative estimate of drug-likeness (QED) is 0.261. The highest BCUT2D eigenvalue weighted by atomic mass is 16.3. The first kappa shape index (κ1) is 13.0. The lowest BCUT2D eigenvalue weighted by atomic mass is 9.93. The molecule has 2 heteroatoms. The van der Waals surface area contributed by atoms with E-state index in [9.17, 15) is 0 Å². The third kappa shape index (κ3) is 2.76. The van der Waals surface area contributed by atoms with Gasteiger partial charge in [0.1, 0.15) is 11.2 Å². The number of pyridine rings is 1. The molecule has 0 radical (unpaired) electrons. The molecular weight excluding hydrogens is 390 g/mol. The van der Waals surface area contributed by atoms with Gasteiger partial charge < -0.3 is 4.42 Å². The molecule has 0 atom stereocenters. The van der Waals surface area contributed by atoms with Crippen LogP contribution in [-0.2, 0) is 0 Å². The predicted molar refractivity (Wildman–Crippen MR) is 136 cm³/mol. The fraction of sp³-hybridized carbons (Fsp3) is 0.167. The maximum atomic E-state index is 8.83. The van der Waals surface area contributed by atoms with Crippen LogP contribution in [0.3, 0.4) is 0 Å². The Kier molecular flexibility index (Phi) is 2.82. The number of aromatic nitrogens is 1. The molecule has 32 heavy (non-hydrogen) atoms. The second kappa shape index (κ2) is 6.93. The second-order valence-corrected chi connectivity index (χ2v) is 8.44. The highest BCUT2D eigenvalue weighted by Gasteiger charge is 2.19. The first-order valence-electron chi connectivity index (χ1n) is 14.1. The summed E-state index contributed by atoms with van der Waals surface area (Å²) >= 11 is 0. The largest absolute Gasteiger partial charge is 0.455 e. The molecule has 2 heterocycles. The smallest absolute Gasteiger partial charge is 0.145 e. The van der Waals surface area contributed by atoms with Crippen LogP contribution in [0.2, 0.25) is 0 Å². The number of hydrogen-bond donors (Lipinski definition) is 0. The highest BCUT2D eigenvalue weighted by Crippen LogP contribution is 2.42. The predicted octanol–water partition coefficient (Wildman–Crippen LogP) is 8.69. The van der Waals surface area contributed by atoms with Crippen LogP contribution < -0.4 is 0 Å². The van der Waals surface area contributed by atoms with Crippen molar-refractivity contribution < 1.29 is 14.0 Å². The van der Waals surface area contributed by atoms with Crippen molar-refractivity contribution in [2.24, 2.45) is 0 Å². The minimum absolute atomic E-state index is 0.265. The van der Waals surface area contributed by atoms with Gasteiger partial charge in [0.2, 0.25) is 0 Å². The maximum absolute atomic E-state index is 8.83. The van der Waals surface area contributed by atoms with E-state index in [2.05, 4.69) is 35.3 Å². The van der Waals surface area contributed by atoms with E-state index in [0.29, 0.717) is 22.4 Å². The van der Waals surface area contributed by atoms with Crippen molar-refractivity contribution >= 4 is 43.5 Å². The Bertz CT molecular complexity index is 1930. The Labute approximate surface area is 197 Å². The first-order valence-corrected chi connectivity index (χ1v) is 10.6. The average molecular weight is 423 g/mol. The molecule has 0 amide bonds. The summed E-state index contributed by atoms with van der Waals surface area (Å²) in [6.07, 6.45) is 1.13. The van der Waals surface area contributed by atoms with E-state index in [1.165, 1.54) is 6.07 Å². The molecule has 2 aromatic heterocycles. The highest BCUT2D eigenvalue weighted by molar-refractivity contribution is 6.18. The van der Waals surface area contributed by atoms with E-state index < -0.39 is 19.6 Å². The van der Waals surface area contributed by atoms with E-state index in [1.807, 2.05) is 38.1 Å². The van der Waals surface area contributed by atoms with Gasteiger partial charge in [-0.25, -0.2) is 0 Å². The molecule has 0 saturated carbocycles. The van der Waals surface area contributed by atoms with Crippen LogP contribution in [0.15, 0.2) is 77.3 Å². The van der Waals surface area contributed by atoms with Crippen LogP contribution in [0.25, 0.3) is 54.7 Å². The van der Waals surface area contributed by atoms with Gasteiger partial charge in [-0.05, 0) is 82.1 Å². The summed E-state index contributed by atoms with van der Waals surface area (Å²) in [5, 5.41) is 5.90. The fourth-order valence-corrected chi connectivity index (χ4v) is 4.60. The van der Waals surface area contributed by atoms with Gasteiger partial charge in [-0.2, -0.15) is 0 Å². The van der Waals surface area contributed by atoms with Gasteiger partial charge >= 0.3 is 0 Å².